The average molecular weight is 578 g/mol. The second-order valence-electron chi connectivity index (χ2n) is 9.65. The van der Waals surface area contributed by atoms with E-state index in [2.05, 4.69) is 9.98 Å². The molecule has 13 heteroatoms. The summed E-state index contributed by atoms with van der Waals surface area (Å²) < 4.78 is 36.3. The lowest BCUT2D eigenvalue weighted by Gasteiger charge is -2.22. The van der Waals surface area contributed by atoms with Gasteiger partial charge in [-0.2, -0.15) is 0 Å². The minimum atomic E-state index is -0.901. The Morgan fingerprint density at radius 2 is 1.98 bits per heavy atom. The van der Waals surface area contributed by atoms with Gasteiger partial charge < -0.3 is 14.9 Å². The fourth-order valence-corrected chi connectivity index (χ4v) is 3.57. The smallest absolute Gasteiger partial charge is 0.334 e. The highest BCUT2D eigenvalue weighted by molar-refractivity contribution is 6.31. The fraction of sp³-hybridized carbons (Fsp3) is 0.333. The van der Waals surface area contributed by atoms with E-state index in [0.717, 1.165) is 6.20 Å². The Hall–Kier alpha value is -3.87. The SMILES string of the molecule is C/C(=C/N=C(/C=C/n1c(C)cc(OCc2ncc(F)cc2F)c(Cl)c1=O)n1ccn(C(C)(C)CO)c1=O)[C@H](C)O. The molecule has 0 aliphatic rings. The van der Waals surface area contributed by atoms with Gasteiger partial charge in [0.2, 0.25) is 0 Å². The molecule has 0 amide bonds. The molecule has 3 heterocycles. The number of hydrogen-bond donors (Lipinski definition) is 2. The monoisotopic (exact) mass is 577 g/mol. The molecule has 0 saturated heterocycles. The molecule has 0 radical (unpaired) electrons. The largest absolute Gasteiger partial charge is 0.485 e. The number of aliphatic hydroxyl groups excluding tert-OH is 2. The number of imidazole rings is 1. The third-order valence-corrected chi connectivity index (χ3v) is 6.43. The Kier molecular flexibility index (Phi) is 9.61. The van der Waals surface area contributed by atoms with Crippen molar-refractivity contribution < 1.29 is 23.7 Å². The number of aliphatic hydroxyl groups is 2. The van der Waals surface area contributed by atoms with Crippen LogP contribution in [0, 0.1) is 18.6 Å². The maximum absolute atomic E-state index is 13.9. The lowest BCUT2D eigenvalue weighted by Crippen LogP contribution is -2.40. The first kappa shape index (κ1) is 30.7. The van der Waals surface area contributed by atoms with Gasteiger partial charge in [0, 0.05) is 42.6 Å². The van der Waals surface area contributed by atoms with Gasteiger partial charge in [-0.25, -0.2) is 18.6 Å². The Bertz CT molecular complexity index is 1600. The highest BCUT2D eigenvalue weighted by atomic mass is 35.5. The average Bonchev–Trinajstić information content (AvgIpc) is 3.29. The molecule has 10 nitrogen and oxygen atoms in total. The lowest BCUT2D eigenvalue weighted by molar-refractivity contribution is 0.161. The molecule has 0 aromatic carbocycles. The Labute approximate surface area is 233 Å². The van der Waals surface area contributed by atoms with E-state index in [9.17, 15) is 28.6 Å². The fourth-order valence-electron chi connectivity index (χ4n) is 3.37. The van der Waals surface area contributed by atoms with E-state index in [1.807, 2.05) is 0 Å². The minimum absolute atomic E-state index is 0.0248. The van der Waals surface area contributed by atoms with E-state index in [1.165, 1.54) is 50.6 Å². The number of aliphatic imine (C=N–C) groups is 1. The van der Waals surface area contributed by atoms with Crippen LogP contribution in [0.1, 0.15) is 39.1 Å². The minimum Gasteiger partial charge on any atom is -0.485 e. The molecular formula is C27H30ClF2N5O5. The first-order valence-electron chi connectivity index (χ1n) is 12.1. The van der Waals surface area contributed by atoms with Crippen LogP contribution in [0.5, 0.6) is 5.75 Å². The predicted molar refractivity (Wildman–Crippen MR) is 148 cm³/mol. The zero-order valence-electron chi connectivity index (χ0n) is 22.6. The molecule has 0 aliphatic heterocycles. The van der Waals surface area contributed by atoms with E-state index in [4.69, 9.17) is 16.3 Å². The predicted octanol–water partition coefficient (Wildman–Crippen LogP) is 3.46. The van der Waals surface area contributed by atoms with Crippen molar-refractivity contribution >= 4 is 23.6 Å². The molecule has 0 unspecified atom stereocenters. The lowest BCUT2D eigenvalue weighted by atomic mass is 10.1. The van der Waals surface area contributed by atoms with Gasteiger partial charge in [0.1, 0.15) is 34.7 Å². The van der Waals surface area contributed by atoms with Crippen LogP contribution in [0.3, 0.4) is 0 Å². The molecular weight excluding hydrogens is 548 g/mol. The zero-order valence-corrected chi connectivity index (χ0v) is 23.4. The number of pyridine rings is 2. The summed E-state index contributed by atoms with van der Waals surface area (Å²) in [5, 5.41) is 19.2. The molecule has 0 fully saturated rings. The van der Waals surface area contributed by atoms with Crippen LogP contribution in [0.2, 0.25) is 5.02 Å². The van der Waals surface area contributed by atoms with E-state index in [1.54, 1.807) is 34.6 Å². The van der Waals surface area contributed by atoms with Crippen molar-refractivity contribution in [1.82, 2.24) is 18.7 Å². The molecule has 3 rings (SSSR count). The van der Waals surface area contributed by atoms with Crippen molar-refractivity contribution in [3.63, 3.8) is 0 Å². The number of nitrogens with zero attached hydrogens (tertiary/aromatic N) is 5. The summed E-state index contributed by atoms with van der Waals surface area (Å²) in [7, 11) is 0. The van der Waals surface area contributed by atoms with Crippen LogP contribution in [0.4, 0.5) is 8.78 Å². The van der Waals surface area contributed by atoms with Crippen LogP contribution in [-0.2, 0) is 12.1 Å². The van der Waals surface area contributed by atoms with Crippen molar-refractivity contribution in [1.29, 1.82) is 0 Å². The number of hydrogen-bond acceptors (Lipinski definition) is 7. The number of aromatic nitrogens is 4. The van der Waals surface area contributed by atoms with Crippen LogP contribution in [0.25, 0.3) is 6.20 Å². The molecule has 3 aromatic rings. The number of ether oxygens (including phenoxy) is 1. The highest BCUT2D eigenvalue weighted by Crippen LogP contribution is 2.23. The zero-order chi connectivity index (χ0) is 29.8. The Morgan fingerprint density at radius 1 is 1.27 bits per heavy atom. The normalized spacial score (nSPS) is 13.8. The number of aryl methyl sites for hydroxylation is 1. The van der Waals surface area contributed by atoms with Crippen LogP contribution < -0.4 is 16.0 Å². The quantitative estimate of drug-likeness (QED) is 0.297. The molecule has 1 atom stereocenters. The molecule has 0 saturated carbocycles. The van der Waals surface area contributed by atoms with E-state index in [-0.39, 0.29) is 35.5 Å². The van der Waals surface area contributed by atoms with Crippen LogP contribution >= 0.6 is 11.6 Å². The van der Waals surface area contributed by atoms with Gasteiger partial charge in [0.25, 0.3) is 5.56 Å². The third-order valence-electron chi connectivity index (χ3n) is 6.09. The van der Waals surface area contributed by atoms with Crippen molar-refractivity contribution in [2.75, 3.05) is 6.61 Å². The first-order chi connectivity index (χ1) is 18.8. The van der Waals surface area contributed by atoms with E-state index < -0.39 is 34.5 Å². The van der Waals surface area contributed by atoms with Crippen molar-refractivity contribution in [3.05, 3.63) is 97.5 Å². The molecule has 3 aromatic heterocycles. The number of allylic oxidation sites excluding steroid dienone is 1. The van der Waals surface area contributed by atoms with Gasteiger partial charge in [-0.15, -0.1) is 0 Å². The Balaban J connectivity index is 2.01. The maximum atomic E-state index is 13.9. The van der Waals surface area contributed by atoms with Crippen LogP contribution in [-0.4, -0.2) is 47.4 Å². The third kappa shape index (κ3) is 6.82. The van der Waals surface area contributed by atoms with E-state index in [0.29, 0.717) is 17.3 Å². The van der Waals surface area contributed by atoms with Gasteiger partial charge >= 0.3 is 5.69 Å². The summed E-state index contributed by atoms with van der Waals surface area (Å²) in [6.07, 6.45) is 7.21. The number of halogens is 3. The molecule has 0 aliphatic carbocycles. The number of rotatable bonds is 9. The van der Waals surface area contributed by atoms with Gasteiger partial charge in [0.15, 0.2) is 5.82 Å². The maximum Gasteiger partial charge on any atom is 0.334 e. The standard InChI is InChI=1S/C27H30ClF2N5O5/c1-16(18(3)37)12-32-23(34-8-9-35(26(34)39)27(4,5)15-36)6-7-33-17(2)10-22(24(28)25(33)38)40-14-21-20(30)11-19(29)13-31-21/h6-13,18,36-37H,14-15H2,1-5H3/b7-6+,16-12-,32-23-/t18-/m0/s1. The van der Waals surface area contributed by atoms with Crippen molar-refractivity contribution in [3.8, 4) is 5.75 Å². The summed E-state index contributed by atoms with van der Waals surface area (Å²) in [6, 6.07) is 2.12. The van der Waals surface area contributed by atoms with Crippen molar-refractivity contribution in [2.24, 2.45) is 4.99 Å². The van der Waals surface area contributed by atoms with Crippen molar-refractivity contribution in [2.45, 2.75) is 52.9 Å². The molecule has 0 spiro atoms. The molecule has 214 valence electrons. The van der Waals surface area contributed by atoms with Gasteiger partial charge in [-0.05, 0) is 46.3 Å². The molecule has 2 N–H and O–H groups in total. The summed E-state index contributed by atoms with van der Waals surface area (Å²) >= 11 is 6.25. The Morgan fingerprint density at radius 3 is 2.60 bits per heavy atom. The second-order valence-corrected chi connectivity index (χ2v) is 10.0. The summed E-state index contributed by atoms with van der Waals surface area (Å²) in [6.45, 7) is 7.55. The highest BCUT2D eigenvalue weighted by Gasteiger charge is 2.23. The van der Waals surface area contributed by atoms with Gasteiger partial charge in [0.05, 0.1) is 24.4 Å². The van der Waals surface area contributed by atoms with Crippen LogP contribution in [0.15, 0.2) is 63.2 Å². The molecule has 0 bridgehead atoms. The summed E-state index contributed by atoms with van der Waals surface area (Å²) in [5.41, 5.74) is -1.29. The van der Waals surface area contributed by atoms with E-state index >= 15 is 0 Å². The molecule has 40 heavy (non-hydrogen) atoms. The van der Waals surface area contributed by atoms with Gasteiger partial charge in [-0.3, -0.25) is 23.5 Å². The van der Waals surface area contributed by atoms with Gasteiger partial charge in [-0.1, -0.05) is 11.6 Å². The second kappa shape index (κ2) is 12.5. The topological polar surface area (TPSA) is 124 Å². The summed E-state index contributed by atoms with van der Waals surface area (Å²) in [4.78, 5) is 34.2. The summed E-state index contributed by atoms with van der Waals surface area (Å²) in [5.74, 6) is -1.65. The first-order valence-corrected chi connectivity index (χ1v) is 12.5.